The number of amides is 1. The topological polar surface area (TPSA) is 63.1 Å². The summed E-state index contributed by atoms with van der Waals surface area (Å²) in [5.74, 6) is 0.594. The zero-order chi connectivity index (χ0) is 22.9. The molecule has 1 aliphatic heterocycles. The Morgan fingerprint density at radius 3 is 2.36 bits per heavy atom. The molecule has 0 radical (unpaired) electrons. The van der Waals surface area contributed by atoms with Gasteiger partial charge in [-0.1, -0.05) is 41.9 Å². The van der Waals surface area contributed by atoms with E-state index in [0.717, 1.165) is 59.7 Å². The Kier molecular flexibility index (Phi) is 5.77. The smallest absolute Gasteiger partial charge is 0.293 e. The number of aryl methyl sites for hydroxylation is 1. The van der Waals surface area contributed by atoms with Gasteiger partial charge < -0.3 is 10.2 Å². The highest BCUT2D eigenvalue weighted by molar-refractivity contribution is 6.33. The summed E-state index contributed by atoms with van der Waals surface area (Å²) in [6, 6.07) is 17.3. The van der Waals surface area contributed by atoms with Crippen molar-refractivity contribution in [2.45, 2.75) is 33.1 Å². The van der Waals surface area contributed by atoms with Gasteiger partial charge in [0.2, 0.25) is 5.82 Å². The van der Waals surface area contributed by atoms with Gasteiger partial charge in [-0.15, -0.1) is 0 Å². The Hall–Kier alpha value is -3.38. The molecule has 2 aromatic heterocycles. The number of halogens is 1. The largest absolute Gasteiger partial charge is 0.356 e. The average molecular weight is 460 g/mol. The van der Waals surface area contributed by atoms with Crippen molar-refractivity contribution in [3.05, 3.63) is 76.7 Å². The van der Waals surface area contributed by atoms with Gasteiger partial charge in [-0.2, -0.15) is 0 Å². The molecule has 0 bridgehead atoms. The van der Waals surface area contributed by atoms with E-state index in [-0.39, 0.29) is 11.7 Å². The van der Waals surface area contributed by atoms with E-state index in [0.29, 0.717) is 10.7 Å². The number of hydrogen-bond acceptors (Lipinski definition) is 4. The molecule has 1 fully saturated rings. The molecule has 1 saturated heterocycles. The van der Waals surface area contributed by atoms with Crippen LogP contribution in [-0.4, -0.2) is 33.5 Å². The minimum absolute atomic E-state index is 0.137. The first-order chi connectivity index (χ1) is 16.0. The number of para-hydroxylation sites is 2. The number of rotatable bonds is 4. The van der Waals surface area contributed by atoms with Crippen LogP contribution in [-0.2, 0) is 0 Å². The lowest BCUT2D eigenvalue weighted by atomic mass is 10.1. The van der Waals surface area contributed by atoms with Crippen LogP contribution in [0, 0.1) is 13.8 Å². The predicted octanol–water partition coefficient (Wildman–Crippen LogP) is 5.93. The molecule has 1 aliphatic rings. The molecule has 6 nitrogen and oxygen atoms in total. The van der Waals surface area contributed by atoms with Gasteiger partial charge in [0.1, 0.15) is 5.82 Å². The molecule has 2 aromatic carbocycles. The van der Waals surface area contributed by atoms with Crippen LogP contribution in [0.3, 0.4) is 0 Å². The van der Waals surface area contributed by atoms with Crippen molar-refractivity contribution < 1.29 is 4.79 Å². The van der Waals surface area contributed by atoms with E-state index in [2.05, 4.69) is 40.8 Å². The number of piperidine rings is 1. The summed E-state index contributed by atoms with van der Waals surface area (Å²) in [6.45, 7) is 6.05. The molecule has 0 atom stereocenters. The third kappa shape index (κ3) is 3.95. The maximum absolute atomic E-state index is 13.3. The fourth-order valence-corrected chi connectivity index (χ4v) is 4.69. The van der Waals surface area contributed by atoms with Gasteiger partial charge in [0, 0.05) is 24.5 Å². The van der Waals surface area contributed by atoms with Gasteiger partial charge in [0.25, 0.3) is 5.91 Å². The zero-order valence-electron chi connectivity index (χ0n) is 18.8. The van der Waals surface area contributed by atoms with Crippen molar-refractivity contribution in [2.75, 3.05) is 23.3 Å². The van der Waals surface area contributed by atoms with Crippen molar-refractivity contribution in [3.63, 3.8) is 0 Å². The van der Waals surface area contributed by atoms with Crippen LogP contribution in [0.25, 0.3) is 16.7 Å². The molecule has 3 heterocycles. The predicted molar refractivity (Wildman–Crippen MR) is 134 cm³/mol. The van der Waals surface area contributed by atoms with Gasteiger partial charge >= 0.3 is 0 Å². The number of nitrogens with one attached hydrogen (secondary N) is 1. The number of nitrogens with zero attached hydrogens (tertiary/aromatic N) is 4. The van der Waals surface area contributed by atoms with Crippen LogP contribution in [0.15, 0.2) is 54.6 Å². The van der Waals surface area contributed by atoms with Crippen LogP contribution in [0.5, 0.6) is 0 Å². The third-order valence-electron chi connectivity index (χ3n) is 6.33. The summed E-state index contributed by atoms with van der Waals surface area (Å²) in [5, 5.41) is 4.36. The molecule has 7 heteroatoms. The third-order valence-corrected chi connectivity index (χ3v) is 6.66. The summed E-state index contributed by atoms with van der Waals surface area (Å²) in [6.07, 6.45) is 3.45. The lowest BCUT2D eigenvalue weighted by Gasteiger charge is -2.28. The maximum atomic E-state index is 13.3. The minimum atomic E-state index is -0.376. The first kappa shape index (κ1) is 21.5. The minimum Gasteiger partial charge on any atom is -0.356 e. The second kappa shape index (κ2) is 8.87. The Labute approximate surface area is 198 Å². The molecule has 168 valence electrons. The van der Waals surface area contributed by atoms with E-state index in [1.165, 1.54) is 6.42 Å². The van der Waals surface area contributed by atoms with Crippen LogP contribution >= 0.6 is 11.6 Å². The summed E-state index contributed by atoms with van der Waals surface area (Å²) in [5.41, 5.74) is 4.52. The lowest BCUT2D eigenvalue weighted by molar-refractivity contribution is 0.101. The summed E-state index contributed by atoms with van der Waals surface area (Å²) >= 11 is 6.27. The quantitative estimate of drug-likeness (QED) is 0.410. The number of anilines is 2. The van der Waals surface area contributed by atoms with Gasteiger partial charge in [-0.3, -0.25) is 9.36 Å². The fraction of sp³-hybridized carbons (Fsp3) is 0.269. The van der Waals surface area contributed by atoms with E-state index in [4.69, 9.17) is 21.6 Å². The molecule has 5 rings (SSSR count). The molecule has 0 aliphatic carbocycles. The van der Waals surface area contributed by atoms with Gasteiger partial charge in [-0.05, 0) is 62.9 Å². The number of hydrogen-bond donors (Lipinski definition) is 1. The Balaban J connectivity index is 1.70. The standard InChI is InChI=1S/C26H26ClN5O/c1-17-18(2)32(19-11-5-3-6-12-19)25-22(17)24(31-15-9-4-10-16-31)29-23(30-25)26(33)28-21-14-8-7-13-20(21)27/h3,5-8,11-14H,4,9-10,15-16H2,1-2H3,(H,28,33). The van der Waals surface area contributed by atoms with Gasteiger partial charge in [-0.25, -0.2) is 9.97 Å². The zero-order valence-corrected chi connectivity index (χ0v) is 19.6. The van der Waals surface area contributed by atoms with E-state index in [9.17, 15) is 4.79 Å². The van der Waals surface area contributed by atoms with Crippen LogP contribution < -0.4 is 10.2 Å². The molecule has 0 spiro atoms. The first-order valence-corrected chi connectivity index (χ1v) is 11.7. The van der Waals surface area contributed by atoms with Gasteiger partial charge in [0.15, 0.2) is 5.65 Å². The van der Waals surface area contributed by atoms with Crippen LogP contribution in [0.1, 0.15) is 41.1 Å². The van der Waals surface area contributed by atoms with Crippen molar-refractivity contribution in [3.8, 4) is 5.69 Å². The molecule has 1 amide bonds. The molecule has 0 unspecified atom stereocenters. The lowest BCUT2D eigenvalue weighted by Crippen LogP contribution is -2.31. The number of fused-ring (bicyclic) bond motifs is 1. The molecule has 33 heavy (non-hydrogen) atoms. The van der Waals surface area contributed by atoms with Gasteiger partial charge in [0.05, 0.1) is 16.1 Å². The SMILES string of the molecule is Cc1c(C)n(-c2ccccc2)c2nc(C(=O)Nc3ccccc3Cl)nc(N3CCCCC3)c12. The fourth-order valence-electron chi connectivity index (χ4n) is 4.51. The molecular formula is C26H26ClN5O. The average Bonchev–Trinajstić information content (AvgIpc) is 3.11. The number of aromatic nitrogens is 3. The highest BCUT2D eigenvalue weighted by atomic mass is 35.5. The number of carbonyl (C=O) groups is 1. The number of carbonyl (C=O) groups excluding carboxylic acids is 1. The second-order valence-electron chi connectivity index (χ2n) is 8.43. The van der Waals surface area contributed by atoms with Crippen molar-refractivity contribution in [1.29, 1.82) is 0 Å². The van der Waals surface area contributed by atoms with Crippen molar-refractivity contribution in [2.24, 2.45) is 0 Å². The molecular weight excluding hydrogens is 434 g/mol. The monoisotopic (exact) mass is 459 g/mol. The van der Waals surface area contributed by atoms with Crippen LogP contribution in [0.4, 0.5) is 11.5 Å². The number of benzene rings is 2. The van der Waals surface area contributed by atoms with Crippen LogP contribution in [0.2, 0.25) is 5.02 Å². The van der Waals surface area contributed by atoms with E-state index >= 15 is 0 Å². The molecule has 1 N–H and O–H groups in total. The van der Waals surface area contributed by atoms with E-state index in [1.807, 2.05) is 30.3 Å². The highest BCUT2D eigenvalue weighted by Gasteiger charge is 2.25. The Morgan fingerprint density at radius 1 is 0.939 bits per heavy atom. The first-order valence-electron chi connectivity index (χ1n) is 11.3. The Bertz CT molecular complexity index is 1330. The second-order valence-corrected chi connectivity index (χ2v) is 8.84. The summed E-state index contributed by atoms with van der Waals surface area (Å²) in [7, 11) is 0. The highest BCUT2D eigenvalue weighted by Crippen LogP contribution is 2.35. The van der Waals surface area contributed by atoms with Crippen molar-refractivity contribution >= 4 is 40.0 Å². The van der Waals surface area contributed by atoms with E-state index in [1.54, 1.807) is 12.1 Å². The molecule has 0 saturated carbocycles. The van der Waals surface area contributed by atoms with E-state index < -0.39 is 0 Å². The maximum Gasteiger partial charge on any atom is 0.293 e. The van der Waals surface area contributed by atoms with Crippen molar-refractivity contribution in [1.82, 2.24) is 14.5 Å². The normalized spacial score (nSPS) is 14.0. The molecule has 4 aromatic rings. The summed E-state index contributed by atoms with van der Waals surface area (Å²) < 4.78 is 2.12. The summed E-state index contributed by atoms with van der Waals surface area (Å²) in [4.78, 5) is 25.1. The Morgan fingerprint density at radius 2 is 1.64 bits per heavy atom.